The number of carboxylic acid groups (broad SMARTS) is 2. The van der Waals surface area contributed by atoms with Gasteiger partial charge in [-0.3, -0.25) is 9.59 Å². The Morgan fingerprint density at radius 1 is 1.05 bits per heavy atom. The van der Waals surface area contributed by atoms with Crippen LogP contribution in [0.4, 0.5) is 0 Å². The molecule has 0 aliphatic carbocycles. The number of carbonyl (C=O) groups is 3. The molecule has 0 fully saturated rings. The Hall–Kier alpha value is -2.37. The quantitative estimate of drug-likeness (QED) is 0.660. The predicted molar refractivity (Wildman–Crippen MR) is 71.2 cm³/mol. The van der Waals surface area contributed by atoms with Crippen molar-refractivity contribution in [1.29, 1.82) is 0 Å². The van der Waals surface area contributed by atoms with Crippen LogP contribution >= 0.6 is 0 Å². The van der Waals surface area contributed by atoms with E-state index < -0.39 is 23.9 Å². The Labute approximate surface area is 116 Å². The number of amides is 1. The number of carbonyl (C=O) groups excluding carboxylic acids is 1. The zero-order valence-corrected chi connectivity index (χ0v) is 10.9. The summed E-state index contributed by atoms with van der Waals surface area (Å²) in [6.07, 6.45) is 0.260. The van der Waals surface area contributed by atoms with Crippen molar-refractivity contribution in [2.45, 2.75) is 31.7 Å². The average Bonchev–Trinajstić information content (AvgIpc) is 2.41. The molecule has 1 aromatic rings. The second-order valence-electron chi connectivity index (χ2n) is 4.38. The molecule has 1 unspecified atom stereocenters. The number of rotatable bonds is 8. The molecule has 1 aromatic carbocycles. The third-order valence-corrected chi connectivity index (χ3v) is 2.76. The summed E-state index contributed by atoms with van der Waals surface area (Å²) in [5, 5.41) is 19.8. The number of benzene rings is 1. The fraction of sp³-hybridized carbons (Fsp3) is 0.357. The highest BCUT2D eigenvalue weighted by atomic mass is 16.4. The van der Waals surface area contributed by atoms with Crippen LogP contribution in [0.15, 0.2) is 30.3 Å². The van der Waals surface area contributed by atoms with Crippen LogP contribution in [-0.2, 0) is 20.8 Å². The molecule has 0 aliphatic rings. The first-order valence-electron chi connectivity index (χ1n) is 6.27. The van der Waals surface area contributed by atoms with Gasteiger partial charge < -0.3 is 15.5 Å². The lowest BCUT2D eigenvalue weighted by atomic mass is 10.1. The molecule has 20 heavy (non-hydrogen) atoms. The first-order valence-corrected chi connectivity index (χ1v) is 6.27. The number of aryl methyl sites for hydroxylation is 1. The van der Waals surface area contributed by atoms with Gasteiger partial charge in [-0.2, -0.15) is 0 Å². The molecule has 0 spiro atoms. The van der Waals surface area contributed by atoms with Gasteiger partial charge in [0.1, 0.15) is 6.04 Å². The van der Waals surface area contributed by atoms with Crippen LogP contribution in [0.5, 0.6) is 0 Å². The van der Waals surface area contributed by atoms with E-state index >= 15 is 0 Å². The number of aliphatic carboxylic acids is 2. The van der Waals surface area contributed by atoms with E-state index in [4.69, 9.17) is 10.2 Å². The second kappa shape index (κ2) is 7.93. The van der Waals surface area contributed by atoms with E-state index in [0.29, 0.717) is 6.42 Å². The van der Waals surface area contributed by atoms with Gasteiger partial charge in [0.15, 0.2) is 0 Å². The first-order chi connectivity index (χ1) is 9.49. The molecule has 1 amide bonds. The maximum Gasteiger partial charge on any atom is 0.326 e. The Balaban J connectivity index is 2.41. The zero-order chi connectivity index (χ0) is 15.0. The molecule has 0 aliphatic heterocycles. The standard InChI is InChI=1S/C14H17NO5/c16-12(8-6-10-4-2-1-3-5-10)15-11(14(19)20)7-9-13(17)18/h1-5,11H,6-9H2,(H,15,16)(H,17,18)(H,19,20). The smallest absolute Gasteiger partial charge is 0.326 e. The van der Waals surface area contributed by atoms with Gasteiger partial charge in [-0.25, -0.2) is 4.79 Å². The van der Waals surface area contributed by atoms with E-state index in [0.717, 1.165) is 5.56 Å². The topological polar surface area (TPSA) is 104 Å². The highest BCUT2D eigenvalue weighted by Crippen LogP contribution is 2.04. The van der Waals surface area contributed by atoms with Gasteiger partial charge in [0.2, 0.25) is 5.91 Å². The SMILES string of the molecule is O=C(O)CCC(NC(=O)CCc1ccccc1)C(=O)O. The van der Waals surface area contributed by atoms with Crippen molar-refractivity contribution >= 4 is 17.8 Å². The zero-order valence-electron chi connectivity index (χ0n) is 10.9. The second-order valence-corrected chi connectivity index (χ2v) is 4.38. The van der Waals surface area contributed by atoms with Crippen LogP contribution < -0.4 is 5.32 Å². The Morgan fingerprint density at radius 2 is 1.70 bits per heavy atom. The van der Waals surface area contributed by atoms with Crippen LogP contribution in [0.3, 0.4) is 0 Å². The van der Waals surface area contributed by atoms with E-state index in [1.54, 1.807) is 0 Å². The molecule has 1 rings (SSSR count). The third kappa shape index (κ3) is 5.99. The lowest BCUT2D eigenvalue weighted by Crippen LogP contribution is -2.41. The monoisotopic (exact) mass is 279 g/mol. The summed E-state index contributed by atoms with van der Waals surface area (Å²) in [5.41, 5.74) is 0.986. The Bertz CT molecular complexity index is 472. The summed E-state index contributed by atoms with van der Waals surface area (Å²) in [4.78, 5) is 33.0. The fourth-order valence-electron chi connectivity index (χ4n) is 1.69. The van der Waals surface area contributed by atoms with Crippen LogP contribution in [0.1, 0.15) is 24.8 Å². The van der Waals surface area contributed by atoms with Crippen molar-refractivity contribution in [2.24, 2.45) is 0 Å². The minimum Gasteiger partial charge on any atom is -0.481 e. The maximum atomic E-state index is 11.7. The Morgan fingerprint density at radius 3 is 2.25 bits per heavy atom. The van der Waals surface area contributed by atoms with Crippen molar-refractivity contribution in [1.82, 2.24) is 5.32 Å². The van der Waals surface area contributed by atoms with Crippen molar-refractivity contribution in [3.8, 4) is 0 Å². The van der Waals surface area contributed by atoms with E-state index in [9.17, 15) is 14.4 Å². The van der Waals surface area contributed by atoms with Gasteiger partial charge in [-0.1, -0.05) is 30.3 Å². The molecule has 0 aromatic heterocycles. The minimum absolute atomic E-state index is 0.123. The normalized spacial score (nSPS) is 11.6. The fourth-order valence-corrected chi connectivity index (χ4v) is 1.69. The number of nitrogens with one attached hydrogen (secondary N) is 1. The van der Waals surface area contributed by atoms with Crippen LogP contribution in [-0.4, -0.2) is 34.1 Å². The Kier molecular flexibility index (Phi) is 6.22. The first kappa shape index (κ1) is 15.7. The molecule has 1 atom stereocenters. The largest absolute Gasteiger partial charge is 0.481 e. The molecule has 0 saturated carbocycles. The summed E-state index contributed by atoms with van der Waals surface area (Å²) < 4.78 is 0. The highest BCUT2D eigenvalue weighted by Gasteiger charge is 2.20. The molecule has 0 radical (unpaired) electrons. The molecular formula is C14H17NO5. The lowest BCUT2D eigenvalue weighted by molar-refractivity contribution is -0.143. The average molecular weight is 279 g/mol. The molecule has 6 nitrogen and oxygen atoms in total. The molecule has 0 saturated heterocycles. The third-order valence-electron chi connectivity index (χ3n) is 2.76. The van der Waals surface area contributed by atoms with Gasteiger partial charge in [0.25, 0.3) is 0 Å². The van der Waals surface area contributed by atoms with Gasteiger partial charge in [-0.15, -0.1) is 0 Å². The van der Waals surface area contributed by atoms with Crippen molar-refractivity contribution in [3.05, 3.63) is 35.9 Å². The van der Waals surface area contributed by atoms with Crippen molar-refractivity contribution in [3.63, 3.8) is 0 Å². The van der Waals surface area contributed by atoms with Gasteiger partial charge >= 0.3 is 11.9 Å². The molecule has 0 bridgehead atoms. The summed E-state index contributed by atoms with van der Waals surface area (Å²) in [6, 6.07) is 8.20. The summed E-state index contributed by atoms with van der Waals surface area (Å²) >= 11 is 0. The van der Waals surface area contributed by atoms with E-state index in [-0.39, 0.29) is 19.3 Å². The maximum absolute atomic E-state index is 11.7. The minimum atomic E-state index is -1.22. The lowest BCUT2D eigenvalue weighted by Gasteiger charge is -2.13. The predicted octanol–water partition coefficient (Wildman–Crippen LogP) is 1.05. The molecule has 6 heteroatoms. The van der Waals surface area contributed by atoms with E-state index in [1.807, 2.05) is 30.3 Å². The van der Waals surface area contributed by atoms with Crippen molar-refractivity contribution in [2.75, 3.05) is 0 Å². The molecule has 108 valence electrons. The summed E-state index contributed by atoms with van der Waals surface area (Å²) in [5.74, 6) is -2.71. The van der Waals surface area contributed by atoms with E-state index in [1.165, 1.54) is 0 Å². The van der Waals surface area contributed by atoms with E-state index in [2.05, 4.69) is 5.32 Å². The summed E-state index contributed by atoms with van der Waals surface area (Å²) in [6.45, 7) is 0. The van der Waals surface area contributed by atoms with Gasteiger partial charge in [0, 0.05) is 12.8 Å². The number of hydrogen-bond donors (Lipinski definition) is 3. The van der Waals surface area contributed by atoms with Crippen LogP contribution in [0.25, 0.3) is 0 Å². The summed E-state index contributed by atoms with van der Waals surface area (Å²) in [7, 11) is 0. The van der Waals surface area contributed by atoms with Gasteiger partial charge in [0.05, 0.1) is 0 Å². The van der Waals surface area contributed by atoms with Gasteiger partial charge in [-0.05, 0) is 18.4 Å². The van der Waals surface area contributed by atoms with Crippen LogP contribution in [0, 0.1) is 0 Å². The molecule has 0 heterocycles. The number of hydrogen-bond acceptors (Lipinski definition) is 3. The number of carboxylic acids is 2. The molecular weight excluding hydrogens is 262 g/mol. The highest BCUT2D eigenvalue weighted by molar-refractivity contribution is 5.84. The molecule has 3 N–H and O–H groups in total. The van der Waals surface area contributed by atoms with Crippen molar-refractivity contribution < 1.29 is 24.6 Å². The van der Waals surface area contributed by atoms with Crippen LogP contribution in [0.2, 0.25) is 0 Å².